The number of carbonyl (C=O) groups is 1. The maximum atomic E-state index is 11.9. The van der Waals surface area contributed by atoms with Gasteiger partial charge >= 0.3 is 0 Å². The van der Waals surface area contributed by atoms with E-state index in [1.807, 2.05) is 0 Å². The number of hydrogen-bond acceptors (Lipinski definition) is 3. The lowest BCUT2D eigenvalue weighted by Gasteiger charge is -2.08. The fourth-order valence-electron chi connectivity index (χ4n) is 2.57. The van der Waals surface area contributed by atoms with E-state index in [-0.39, 0.29) is 5.91 Å². The van der Waals surface area contributed by atoms with Crippen LogP contribution in [0.25, 0.3) is 0 Å². The highest BCUT2D eigenvalue weighted by molar-refractivity contribution is 5.89. The number of pyridine rings is 1. The Bertz CT molecular complexity index is 510. The molecule has 106 valence electrons. The Morgan fingerprint density at radius 2 is 2.25 bits per heavy atom. The lowest BCUT2D eigenvalue weighted by atomic mass is 10.0. The van der Waals surface area contributed by atoms with Crippen molar-refractivity contribution in [3.05, 3.63) is 23.9 Å². The number of nitrogens with one attached hydrogen (secondary N) is 1. The minimum absolute atomic E-state index is 0.0355. The van der Waals surface area contributed by atoms with Gasteiger partial charge in [-0.2, -0.15) is 0 Å². The lowest BCUT2D eigenvalue weighted by Crippen LogP contribution is -2.13. The molecule has 0 unspecified atom stereocenters. The molecule has 0 radical (unpaired) electrons. The molecule has 0 bridgehead atoms. The molecule has 0 spiro atoms. The first-order chi connectivity index (χ1) is 9.78. The van der Waals surface area contributed by atoms with Gasteiger partial charge in [0.2, 0.25) is 5.91 Å². The summed E-state index contributed by atoms with van der Waals surface area (Å²) in [5.41, 5.74) is 6.15. The summed E-state index contributed by atoms with van der Waals surface area (Å²) in [6, 6.07) is 3.58. The molecular formula is C16H21N3O. The summed E-state index contributed by atoms with van der Waals surface area (Å²) in [6.45, 7) is 0.325. The van der Waals surface area contributed by atoms with Crippen LogP contribution in [-0.4, -0.2) is 17.4 Å². The zero-order chi connectivity index (χ0) is 14.2. The van der Waals surface area contributed by atoms with Gasteiger partial charge in [0.05, 0.1) is 6.54 Å². The third kappa shape index (κ3) is 4.67. The van der Waals surface area contributed by atoms with Gasteiger partial charge < -0.3 is 11.1 Å². The summed E-state index contributed by atoms with van der Waals surface area (Å²) in [4.78, 5) is 16.0. The van der Waals surface area contributed by atoms with Gasteiger partial charge in [0, 0.05) is 18.2 Å². The Balaban J connectivity index is 1.83. The van der Waals surface area contributed by atoms with Crippen molar-refractivity contribution >= 4 is 11.7 Å². The van der Waals surface area contributed by atoms with E-state index in [0.29, 0.717) is 18.8 Å². The first-order valence-corrected chi connectivity index (χ1v) is 7.23. The van der Waals surface area contributed by atoms with Crippen LogP contribution in [0.5, 0.6) is 0 Å². The van der Waals surface area contributed by atoms with Crippen LogP contribution in [0.4, 0.5) is 5.82 Å². The highest BCUT2D eigenvalue weighted by atomic mass is 16.1. The van der Waals surface area contributed by atoms with Crippen molar-refractivity contribution in [2.45, 2.75) is 38.5 Å². The van der Waals surface area contributed by atoms with Crippen molar-refractivity contribution < 1.29 is 4.79 Å². The van der Waals surface area contributed by atoms with Crippen LogP contribution >= 0.6 is 0 Å². The molecule has 1 fully saturated rings. The molecule has 0 atom stereocenters. The molecule has 1 aliphatic rings. The monoisotopic (exact) mass is 271 g/mol. The maximum Gasteiger partial charge on any atom is 0.225 e. The Labute approximate surface area is 120 Å². The summed E-state index contributed by atoms with van der Waals surface area (Å²) < 4.78 is 0. The third-order valence-electron chi connectivity index (χ3n) is 3.62. The van der Waals surface area contributed by atoms with Gasteiger partial charge in [-0.25, -0.2) is 4.98 Å². The molecular weight excluding hydrogens is 250 g/mol. The molecule has 3 N–H and O–H groups in total. The average Bonchev–Trinajstić information content (AvgIpc) is 2.97. The van der Waals surface area contributed by atoms with Crippen LogP contribution in [0.3, 0.4) is 0 Å². The predicted octanol–water partition coefficient (Wildman–Crippen LogP) is 2.30. The fraction of sp³-hybridized carbons (Fsp3) is 0.500. The summed E-state index contributed by atoms with van der Waals surface area (Å²) in [5, 5.41) is 2.83. The number of aromatic nitrogens is 1. The Kier molecular flexibility index (Phi) is 5.57. The molecule has 1 aromatic heterocycles. The first kappa shape index (κ1) is 14.5. The van der Waals surface area contributed by atoms with Crippen LogP contribution < -0.4 is 11.1 Å². The molecule has 1 saturated carbocycles. The van der Waals surface area contributed by atoms with Crippen molar-refractivity contribution in [1.29, 1.82) is 0 Å². The van der Waals surface area contributed by atoms with Crippen molar-refractivity contribution in [3.63, 3.8) is 0 Å². The number of nitrogens with zero attached hydrogens (tertiary/aromatic N) is 1. The summed E-state index contributed by atoms with van der Waals surface area (Å²) in [7, 11) is 0. The third-order valence-corrected chi connectivity index (χ3v) is 3.62. The number of amides is 1. The van der Waals surface area contributed by atoms with E-state index in [1.54, 1.807) is 18.3 Å². The minimum atomic E-state index is 0.0355. The molecule has 1 heterocycles. The van der Waals surface area contributed by atoms with E-state index >= 15 is 0 Å². The molecule has 2 rings (SSSR count). The van der Waals surface area contributed by atoms with Crippen LogP contribution in [0.1, 0.15) is 44.1 Å². The van der Waals surface area contributed by atoms with Crippen LogP contribution in [0, 0.1) is 17.8 Å². The fourth-order valence-corrected chi connectivity index (χ4v) is 2.57. The normalized spacial score (nSPS) is 14.7. The van der Waals surface area contributed by atoms with E-state index in [2.05, 4.69) is 22.1 Å². The van der Waals surface area contributed by atoms with Gasteiger partial charge in [0.1, 0.15) is 5.82 Å². The molecule has 4 heteroatoms. The average molecular weight is 271 g/mol. The SMILES string of the molecule is NCC#Cc1ccnc(NC(=O)CCC2CCCC2)c1. The zero-order valence-corrected chi connectivity index (χ0v) is 11.7. The van der Waals surface area contributed by atoms with Crippen molar-refractivity contribution in [3.8, 4) is 11.8 Å². The van der Waals surface area contributed by atoms with E-state index in [4.69, 9.17) is 5.73 Å². The Morgan fingerprint density at radius 3 is 3.00 bits per heavy atom. The Morgan fingerprint density at radius 1 is 1.45 bits per heavy atom. The number of anilines is 1. The second kappa shape index (κ2) is 7.66. The van der Waals surface area contributed by atoms with Crippen LogP contribution in [0.15, 0.2) is 18.3 Å². The number of hydrogen-bond donors (Lipinski definition) is 2. The molecule has 1 aromatic rings. The number of rotatable bonds is 4. The van der Waals surface area contributed by atoms with Gasteiger partial charge in [0.25, 0.3) is 0 Å². The lowest BCUT2D eigenvalue weighted by molar-refractivity contribution is -0.116. The summed E-state index contributed by atoms with van der Waals surface area (Å²) in [6.07, 6.45) is 8.38. The van der Waals surface area contributed by atoms with Crippen LogP contribution in [-0.2, 0) is 4.79 Å². The molecule has 1 aliphatic carbocycles. The predicted molar refractivity (Wildman–Crippen MR) is 80.0 cm³/mol. The molecule has 0 aromatic carbocycles. The number of nitrogens with two attached hydrogens (primary N) is 1. The van der Waals surface area contributed by atoms with Crippen molar-refractivity contribution in [2.75, 3.05) is 11.9 Å². The van der Waals surface area contributed by atoms with E-state index in [9.17, 15) is 4.79 Å². The Hall–Kier alpha value is -1.86. The van der Waals surface area contributed by atoms with Gasteiger partial charge in [-0.1, -0.05) is 37.5 Å². The second-order valence-electron chi connectivity index (χ2n) is 5.17. The van der Waals surface area contributed by atoms with Crippen molar-refractivity contribution in [2.24, 2.45) is 11.7 Å². The molecule has 20 heavy (non-hydrogen) atoms. The minimum Gasteiger partial charge on any atom is -0.320 e. The van der Waals surface area contributed by atoms with Crippen LogP contribution in [0.2, 0.25) is 0 Å². The van der Waals surface area contributed by atoms with E-state index in [0.717, 1.165) is 17.9 Å². The topological polar surface area (TPSA) is 68.0 Å². The van der Waals surface area contributed by atoms with E-state index < -0.39 is 0 Å². The molecule has 1 amide bonds. The summed E-state index contributed by atoms with van der Waals surface area (Å²) >= 11 is 0. The highest BCUT2D eigenvalue weighted by Crippen LogP contribution is 2.28. The molecule has 4 nitrogen and oxygen atoms in total. The maximum absolute atomic E-state index is 11.9. The second-order valence-corrected chi connectivity index (χ2v) is 5.17. The van der Waals surface area contributed by atoms with Crippen molar-refractivity contribution in [1.82, 2.24) is 4.98 Å². The first-order valence-electron chi connectivity index (χ1n) is 7.23. The largest absolute Gasteiger partial charge is 0.320 e. The molecule has 0 aliphatic heterocycles. The van der Waals surface area contributed by atoms with Gasteiger partial charge in [-0.15, -0.1) is 0 Å². The highest BCUT2D eigenvalue weighted by Gasteiger charge is 2.16. The van der Waals surface area contributed by atoms with E-state index in [1.165, 1.54) is 25.7 Å². The standard InChI is InChI=1S/C16H21N3O/c17-10-3-6-14-9-11-18-15(12-14)19-16(20)8-7-13-4-1-2-5-13/h9,11-13H,1-2,4-5,7-8,10,17H2,(H,18,19,20). The quantitative estimate of drug-likeness (QED) is 0.826. The van der Waals surface area contributed by atoms with Gasteiger partial charge in [0.15, 0.2) is 0 Å². The zero-order valence-electron chi connectivity index (χ0n) is 11.7. The smallest absolute Gasteiger partial charge is 0.225 e. The molecule has 0 saturated heterocycles. The summed E-state index contributed by atoms with van der Waals surface area (Å²) in [5.74, 6) is 7.04. The van der Waals surface area contributed by atoms with Gasteiger partial charge in [-0.05, 0) is 24.5 Å². The van der Waals surface area contributed by atoms with Gasteiger partial charge in [-0.3, -0.25) is 4.79 Å². The number of carbonyl (C=O) groups excluding carboxylic acids is 1.